The average molecular weight is 334 g/mol. The Morgan fingerprint density at radius 3 is 2.75 bits per heavy atom. The van der Waals surface area contributed by atoms with Crippen LogP contribution in [0.25, 0.3) is 0 Å². The number of nitrogens with one attached hydrogen (secondary N) is 2. The highest BCUT2D eigenvalue weighted by molar-refractivity contribution is 5.94. The molecule has 2 amide bonds. The van der Waals surface area contributed by atoms with Crippen molar-refractivity contribution in [2.75, 3.05) is 20.3 Å². The summed E-state index contributed by atoms with van der Waals surface area (Å²) in [7, 11) is 1.63. The maximum absolute atomic E-state index is 12.2. The first-order chi connectivity index (χ1) is 11.6. The molecule has 0 unspecified atom stereocenters. The molecule has 7 heteroatoms. The largest absolute Gasteiger partial charge is 0.496 e. The summed E-state index contributed by atoms with van der Waals surface area (Å²) in [6.45, 7) is 4.95. The molecule has 4 N–H and O–H groups in total. The zero-order chi connectivity index (χ0) is 17.5. The SMILES string of the molecule is CCOC(=O)C1=C(C[NH2+]Cc2ccccc2OC)NC(=O)N[C@H]1C. The number of benzene rings is 1. The second kappa shape index (κ2) is 8.35. The molecule has 130 valence electrons. The van der Waals surface area contributed by atoms with E-state index in [4.69, 9.17) is 9.47 Å². The lowest BCUT2D eigenvalue weighted by Crippen LogP contribution is -2.84. The lowest BCUT2D eigenvalue weighted by molar-refractivity contribution is -0.664. The number of hydrogen-bond acceptors (Lipinski definition) is 4. The third-order valence-electron chi connectivity index (χ3n) is 3.77. The Bertz CT molecular complexity index is 642. The highest BCUT2D eigenvalue weighted by Gasteiger charge is 2.30. The molecule has 0 fully saturated rings. The van der Waals surface area contributed by atoms with Crippen molar-refractivity contribution < 1.29 is 24.4 Å². The van der Waals surface area contributed by atoms with Crippen LogP contribution in [0, 0.1) is 0 Å². The summed E-state index contributed by atoms with van der Waals surface area (Å²) in [4.78, 5) is 23.9. The summed E-state index contributed by atoms with van der Waals surface area (Å²) >= 11 is 0. The molecule has 1 atom stereocenters. The van der Waals surface area contributed by atoms with Gasteiger partial charge in [0.05, 0.1) is 31.0 Å². The molecule has 1 aromatic carbocycles. The summed E-state index contributed by atoms with van der Waals surface area (Å²) in [5.41, 5.74) is 2.10. The highest BCUT2D eigenvalue weighted by Crippen LogP contribution is 2.16. The zero-order valence-electron chi connectivity index (χ0n) is 14.2. The molecule has 1 aromatic rings. The van der Waals surface area contributed by atoms with E-state index >= 15 is 0 Å². The summed E-state index contributed by atoms with van der Waals surface area (Å²) in [5, 5.41) is 7.40. The lowest BCUT2D eigenvalue weighted by atomic mass is 10.0. The Balaban J connectivity index is 2.10. The van der Waals surface area contributed by atoms with E-state index < -0.39 is 5.97 Å². The van der Waals surface area contributed by atoms with E-state index in [1.165, 1.54) is 0 Å². The van der Waals surface area contributed by atoms with E-state index in [-0.39, 0.29) is 12.1 Å². The number of rotatable bonds is 7. The molecule has 0 saturated heterocycles. The second-order valence-electron chi connectivity index (χ2n) is 5.44. The smallest absolute Gasteiger partial charge is 0.338 e. The minimum atomic E-state index is -0.404. The van der Waals surface area contributed by atoms with Crippen LogP contribution < -0.4 is 20.7 Å². The fourth-order valence-electron chi connectivity index (χ4n) is 2.68. The number of ether oxygens (including phenoxy) is 2. The summed E-state index contributed by atoms with van der Waals surface area (Å²) in [5.74, 6) is 0.411. The molecule has 1 heterocycles. The summed E-state index contributed by atoms with van der Waals surface area (Å²) in [6, 6.07) is 7.06. The van der Waals surface area contributed by atoms with Crippen LogP contribution >= 0.6 is 0 Å². The van der Waals surface area contributed by atoms with E-state index in [9.17, 15) is 9.59 Å². The molecule has 2 rings (SSSR count). The van der Waals surface area contributed by atoms with Crippen LogP contribution in [0.4, 0.5) is 4.79 Å². The number of urea groups is 1. The van der Waals surface area contributed by atoms with Gasteiger partial charge in [-0.15, -0.1) is 0 Å². The topological polar surface area (TPSA) is 93.3 Å². The summed E-state index contributed by atoms with van der Waals surface area (Å²) in [6.07, 6.45) is 0. The van der Waals surface area contributed by atoms with Gasteiger partial charge in [0.1, 0.15) is 18.8 Å². The van der Waals surface area contributed by atoms with Crippen LogP contribution in [0.15, 0.2) is 35.5 Å². The first-order valence-corrected chi connectivity index (χ1v) is 7.98. The normalized spacial score (nSPS) is 17.1. The van der Waals surface area contributed by atoms with E-state index in [1.807, 2.05) is 29.6 Å². The minimum Gasteiger partial charge on any atom is -0.496 e. The van der Waals surface area contributed by atoms with Crippen LogP contribution in [0.3, 0.4) is 0 Å². The van der Waals surface area contributed by atoms with Gasteiger partial charge in [-0.25, -0.2) is 9.59 Å². The van der Waals surface area contributed by atoms with Crippen molar-refractivity contribution in [3.8, 4) is 5.75 Å². The Labute approximate surface area is 141 Å². The molecule has 24 heavy (non-hydrogen) atoms. The highest BCUT2D eigenvalue weighted by atomic mass is 16.5. The Kier molecular flexibility index (Phi) is 6.20. The number of hydrogen-bond donors (Lipinski definition) is 3. The first-order valence-electron chi connectivity index (χ1n) is 7.98. The van der Waals surface area contributed by atoms with E-state index in [2.05, 4.69) is 10.6 Å². The maximum atomic E-state index is 12.2. The van der Waals surface area contributed by atoms with Gasteiger partial charge in [-0.05, 0) is 26.0 Å². The molecule has 0 aliphatic carbocycles. The van der Waals surface area contributed by atoms with Crippen molar-refractivity contribution in [2.45, 2.75) is 26.4 Å². The third-order valence-corrected chi connectivity index (χ3v) is 3.77. The van der Waals surface area contributed by atoms with E-state index in [1.54, 1.807) is 21.0 Å². The fourth-order valence-corrected chi connectivity index (χ4v) is 2.68. The van der Waals surface area contributed by atoms with Gasteiger partial charge in [-0.3, -0.25) is 0 Å². The van der Waals surface area contributed by atoms with Crippen LogP contribution in [0.5, 0.6) is 5.75 Å². The number of carbonyl (C=O) groups is 2. The lowest BCUT2D eigenvalue weighted by Gasteiger charge is -2.25. The average Bonchev–Trinajstić information content (AvgIpc) is 2.55. The molecular weight excluding hydrogens is 310 g/mol. The van der Waals surface area contributed by atoms with Crippen molar-refractivity contribution in [3.63, 3.8) is 0 Å². The summed E-state index contributed by atoms with van der Waals surface area (Å²) < 4.78 is 10.4. The predicted octanol–water partition coefficient (Wildman–Crippen LogP) is 0.277. The molecule has 7 nitrogen and oxygen atoms in total. The van der Waals surface area contributed by atoms with Crippen LogP contribution in [0.2, 0.25) is 0 Å². The van der Waals surface area contributed by atoms with Gasteiger partial charge in [-0.1, -0.05) is 12.1 Å². The Morgan fingerprint density at radius 2 is 2.04 bits per heavy atom. The number of quaternary nitrogens is 1. The molecule has 1 aliphatic heterocycles. The van der Waals surface area contributed by atoms with Gasteiger partial charge in [0, 0.05) is 5.56 Å². The molecule has 1 aliphatic rings. The van der Waals surface area contributed by atoms with Gasteiger partial charge >= 0.3 is 12.0 Å². The van der Waals surface area contributed by atoms with Crippen molar-refractivity contribution >= 4 is 12.0 Å². The van der Waals surface area contributed by atoms with Gasteiger partial charge in [0.25, 0.3) is 0 Å². The number of nitrogens with two attached hydrogens (primary N) is 1. The number of carbonyl (C=O) groups excluding carboxylic acids is 2. The molecule has 0 radical (unpaired) electrons. The van der Waals surface area contributed by atoms with Crippen LogP contribution in [-0.2, 0) is 16.1 Å². The van der Waals surface area contributed by atoms with Crippen LogP contribution in [-0.4, -0.2) is 38.3 Å². The fraction of sp³-hybridized carbons (Fsp3) is 0.412. The standard InChI is InChI=1S/C17H23N3O4/c1-4-24-16(21)15-11(2)19-17(22)20-13(15)10-18-9-12-7-5-6-8-14(12)23-3/h5-8,11,18H,4,9-10H2,1-3H3,(H2,19,20,22)/p+1/t11-/m0/s1. The molecular formula is C17H24N3O4+. The molecule has 0 saturated carbocycles. The van der Waals surface area contributed by atoms with Gasteiger partial charge in [0.2, 0.25) is 0 Å². The quantitative estimate of drug-likeness (QED) is 0.624. The molecule has 0 spiro atoms. The monoisotopic (exact) mass is 334 g/mol. The van der Waals surface area contributed by atoms with E-state index in [0.29, 0.717) is 31.0 Å². The van der Waals surface area contributed by atoms with Crippen molar-refractivity contribution in [2.24, 2.45) is 0 Å². The Morgan fingerprint density at radius 1 is 1.29 bits per heavy atom. The van der Waals surface area contributed by atoms with Crippen molar-refractivity contribution in [3.05, 3.63) is 41.1 Å². The Hall–Kier alpha value is -2.54. The molecule has 0 bridgehead atoms. The van der Waals surface area contributed by atoms with Gasteiger partial charge in [-0.2, -0.15) is 0 Å². The van der Waals surface area contributed by atoms with E-state index in [0.717, 1.165) is 11.3 Å². The van der Waals surface area contributed by atoms with Crippen molar-refractivity contribution in [1.29, 1.82) is 0 Å². The van der Waals surface area contributed by atoms with Crippen molar-refractivity contribution in [1.82, 2.24) is 10.6 Å². The number of para-hydroxylation sites is 1. The maximum Gasteiger partial charge on any atom is 0.338 e. The van der Waals surface area contributed by atoms with Crippen LogP contribution in [0.1, 0.15) is 19.4 Å². The molecule has 0 aromatic heterocycles. The second-order valence-corrected chi connectivity index (χ2v) is 5.44. The third kappa shape index (κ3) is 4.26. The number of methoxy groups -OCH3 is 1. The number of esters is 1. The van der Waals surface area contributed by atoms with Gasteiger partial charge in [0.15, 0.2) is 0 Å². The zero-order valence-corrected chi connectivity index (χ0v) is 14.2. The number of amides is 2. The minimum absolute atomic E-state index is 0.293. The van der Waals surface area contributed by atoms with Gasteiger partial charge < -0.3 is 25.4 Å². The first kappa shape index (κ1) is 17.8. The predicted molar refractivity (Wildman–Crippen MR) is 88.3 cm³/mol.